The molecule has 0 rings (SSSR count). The van der Waals surface area contributed by atoms with Crippen LogP contribution in [0.15, 0.2) is 36.5 Å². The van der Waals surface area contributed by atoms with Gasteiger partial charge >= 0.3 is 5.97 Å². The first kappa shape index (κ1) is 15.7. The Hall–Kier alpha value is -1.31. The van der Waals surface area contributed by atoms with Gasteiger partial charge in [0.2, 0.25) is 0 Å². The maximum Gasteiger partial charge on any atom is 0.303 e. The molecule has 0 amide bonds. The van der Waals surface area contributed by atoms with Crippen LogP contribution in [0.25, 0.3) is 0 Å². The summed E-state index contributed by atoms with van der Waals surface area (Å²) >= 11 is 0. The standard InChI is InChI=1S/C15H24O2/c1-2-3-4-5-6-7-8-9-10-11-12-13-14-15(16)17/h3-4,6-7,11-12H,2,5,8-10,13-14H2,1H3,(H,16,17). The van der Waals surface area contributed by atoms with Crippen molar-refractivity contribution in [2.75, 3.05) is 0 Å². The molecule has 0 aromatic carbocycles. The first-order valence-electron chi connectivity index (χ1n) is 6.44. The van der Waals surface area contributed by atoms with Crippen molar-refractivity contribution in [1.82, 2.24) is 0 Å². The second kappa shape index (κ2) is 12.8. The van der Waals surface area contributed by atoms with E-state index in [0.717, 1.165) is 32.1 Å². The molecule has 0 bridgehead atoms. The number of hydrogen-bond acceptors (Lipinski definition) is 1. The Labute approximate surface area is 105 Å². The molecule has 0 saturated carbocycles. The fourth-order valence-corrected chi connectivity index (χ4v) is 1.35. The topological polar surface area (TPSA) is 37.3 Å². The summed E-state index contributed by atoms with van der Waals surface area (Å²) < 4.78 is 0. The van der Waals surface area contributed by atoms with Crippen molar-refractivity contribution in [2.24, 2.45) is 0 Å². The highest BCUT2D eigenvalue weighted by molar-refractivity contribution is 5.66. The molecule has 0 aliphatic rings. The number of carbonyl (C=O) groups is 1. The average Bonchev–Trinajstić information content (AvgIpc) is 2.30. The smallest absolute Gasteiger partial charge is 0.303 e. The zero-order valence-electron chi connectivity index (χ0n) is 10.8. The zero-order valence-corrected chi connectivity index (χ0v) is 10.8. The molecule has 0 aliphatic carbocycles. The largest absolute Gasteiger partial charge is 0.481 e. The molecule has 2 heteroatoms. The molecule has 17 heavy (non-hydrogen) atoms. The van der Waals surface area contributed by atoms with Gasteiger partial charge < -0.3 is 5.11 Å². The predicted octanol–water partition coefficient (Wildman–Crippen LogP) is 4.49. The third kappa shape index (κ3) is 14.7. The monoisotopic (exact) mass is 236 g/mol. The summed E-state index contributed by atoms with van der Waals surface area (Å²) in [5.41, 5.74) is 0. The highest BCUT2D eigenvalue weighted by Gasteiger charge is 1.91. The van der Waals surface area contributed by atoms with Crippen molar-refractivity contribution in [2.45, 2.75) is 51.9 Å². The van der Waals surface area contributed by atoms with Crippen LogP contribution in [0.4, 0.5) is 0 Å². The van der Waals surface area contributed by atoms with Gasteiger partial charge in [0, 0.05) is 6.42 Å². The van der Waals surface area contributed by atoms with Gasteiger partial charge in [-0.05, 0) is 38.5 Å². The Morgan fingerprint density at radius 2 is 1.53 bits per heavy atom. The average molecular weight is 236 g/mol. The van der Waals surface area contributed by atoms with Crippen LogP contribution in [0.1, 0.15) is 51.9 Å². The first-order valence-corrected chi connectivity index (χ1v) is 6.44. The van der Waals surface area contributed by atoms with Crippen molar-refractivity contribution < 1.29 is 9.90 Å². The number of rotatable bonds is 10. The van der Waals surface area contributed by atoms with Gasteiger partial charge in [0.1, 0.15) is 0 Å². The Balaban J connectivity index is 3.28. The van der Waals surface area contributed by atoms with Crippen molar-refractivity contribution in [3.05, 3.63) is 36.5 Å². The van der Waals surface area contributed by atoms with Gasteiger partial charge in [0.25, 0.3) is 0 Å². The highest BCUT2D eigenvalue weighted by atomic mass is 16.4. The minimum atomic E-state index is -0.724. The number of allylic oxidation sites excluding steroid dienone is 6. The molecule has 0 unspecified atom stereocenters. The lowest BCUT2D eigenvalue weighted by molar-refractivity contribution is -0.136. The van der Waals surface area contributed by atoms with E-state index >= 15 is 0 Å². The second-order valence-electron chi connectivity index (χ2n) is 3.92. The Bertz CT molecular complexity index is 262. The normalized spacial score (nSPS) is 12.1. The van der Waals surface area contributed by atoms with Crippen molar-refractivity contribution in [3.63, 3.8) is 0 Å². The van der Waals surface area contributed by atoms with Gasteiger partial charge in [-0.25, -0.2) is 0 Å². The van der Waals surface area contributed by atoms with Gasteiger partial charge in [0.05, 0.1) is 0 Å². The van der Waals surface area contributed by atoms with E-state index < -0.39 is 5.97 Å². The molecule has 0 radical (unpaired) electrons. The van der Waals surface area contributed by atoms with Crippen LogP contribution in [-0.2, 0) is 4.79 Å². The van der Waals surface area contributed by atoms with Gasteiger partial charge in [-0.1, -0.05) is 43.4 Å². The minimum absolute atomic E-state index is 0.236. The third-order valence-electron chi connectivity index (χ3n) is 2.27. The maximum absolute atomic E-state index is 10.2. The number of unbranched alkanes of at least 4 members (excludes halogenated alkanes) is 2. The summed E-state index contributed by atoms with van der Waals surface area (Å²) in [6.45, 7) is 2.14. The molecule has 96 valence electrons. The molecule has 0 saturated heterocycles. The molecular weight excluding hydrogens is 212 g/mol. The predicted molar refractivity (Wildman–Crippen MR) is 73.0 cm³/mol. The van der Waals surface area contributed by atoms with Crippen LogP contribution < -0.4 is 0 Å². The fraction of sp³-hybridized carbons (Fsp3) is 0.533. The minimum Gasteiger partial charge on any atom is -0.481 e. The quantitative estimate of drug-likeness (QED) is 0.448. The number of aliphatic carboxylic acids is 1. The molecule has 2 nitrogen and oxygen atoms in total. The molecular formula is C15H24O2. The van der Waals surface area contributed by atoms with Crippen LogP contribution in [-0.4, -0.2) is 11.1 Å². The van der Waals surface area contributed by atoms with Gasteiger partial charge in [-0.15, -0.1) is 0 Å². The fourth-order valence-electron chi connectivity index (χ4n) is 1.35. The molecule has 0 spiro atoms. The van der Waals surface area contributed by atoms with E-state index in [2.05, 4.69) is 37.3 Å². The van der Waals surface area contributed by atoms with Crippen LogP contribution in [0.5, 0.6) is 0 Å². The highest BCUT2D eigenvalue weighted by Crippen LogP contribution is 2.01. The Kier molecular flexibility index (Phi) is 11.8. The lowest BCUT2D eigenvalue weighted by Gasteiger charge is -1.91. The van der Waals surface area contributed by atoms with Crippen molar-refractivity contribution in [1.29, 1.82) is 0 Å². The summed E-state index contributed by atoms with van der Waals surface area (Å²) in [7, 11) is 0. The van der Waals surface area contributed by atoms with Crippen LogP contribution in [0, 0.1) is 0 Å². The van der Waals surface area contributed by atoms with Crippen LogP contribution in [0.3, 0.4) is 0 Å². The number of carboxylic acid groups (broad SMARTS) is 1. The Morgan fingerprint density at radius 3 is 2.18 bits per heavy atom. The molecule has 0 aliphatic heterocycles. The van der Waals surface area contributed by atoms with E-state index in [-0.39, 0.29) is 6.42 Å². The van der Waals surface area contributed by atoms with Crippen molar-refractivity contribution in [3.8, 4) is 0 Å². The molecule has 0 aromatic heterocycles. The zero-order chi connectivity index (χ0) is 12.8. The summed E-state index contributed by atoms with van der Waals surface area (Å²) in [4.78, 5) is 10.2. The van der Waals surface area contributed by atoms with E-state index in [1.165, 1.54) is 0 Å². The first-order chi connectivity index (χ1) is 8.27. The van der Waals surface area contributed by atoms with Gasteiger partial charge in [-0.2, -0.15) is 0 Å². The lowest BCUT2D eigenvalue weighted by Crippen LogP contribution is -1.91. The number of hydrogen-bond donors (Lipinski definition) is 1. The summed E-state index contributed by atoms with van der Waals surface area (Å²) in [5, 5.41) is 8.43. The van der Waals surface area contributed by atoms with Gasteiger partial charge in [0.15, 0.2) is 0 Å². The van der Waals surface area contributed by atoms with E-state index in [9.17, 15) is 4.79 Å². The molecule has 0 fully saturated rings. The number of carboxylic acids is 1. The summed E-state index contributed by atoms with van der Waals surface area (Å²) in [6, 6.07) is 0. The summed E-state index contributed by atoms with van der Waals surface area (Å²) in [6.07, 6.45) is 19.1. The van der Waals surface area contributed by atoms with E-state index in [1.807, 2.05) is 6.08 Å². The van der Waals surface area contributed by atoms with Crippen LogP contribution >= 0.6 is 0 Å². The van der Waals surface area contributed by atoms with Crippen LogP contribution in [0.2, 0.25) is 0 Å². The van der Waals surface area contributed by atoms with Gasteiger partial charge in [-0.3, -0.25) is 4.79 Å². The molecule has 0 aromatic rings. The molecule has 0 heterocycles. The third-order valence-corrected chi connectivity index (χ3v) is 2.27. The van der Waals surface area contributed by atoms with Crippen molar-refractivity contribution >= 4 is 5.97 Å². The summed E-state index contributed by atoms with van der Waals surface area (Å²) in [5.74, 6) is -0.724. The van der Waals surface area contributed by atoms with E-state index in [4.69, 9.17) is 5.11 Å². The maximum atomic E-state index is 10.2. The Morgan fingerprint density at radius 1 is 0.941 bits per heavy atom. The second-order valence-corrected chi connectivity index (χ2v) is 3.92. The lowest BCUT2D eigenvalue weighted by atomic mass is 10.2. The van der Waals surface area contributed by atoms with E-state index in [1.54, 1.807) is 0 Å². The molecule has 0 atom stereocenters. The molecule has 1 N–H and O–H groups in total. The SMILES string of the molecule is CCC=CCC=CCCCC=CCCC(=O)O. The van der Waals surface area contributed by atoms with E-state index in [0.29, 0.717) is 6.42 Å².